The lowest BCUT2D eigenvalue weighted by Crippen LogP contribution is -1.99. The summed E-state index contributed by atoms with van der Waals surface area (Å²) < 4.78 is 4.66. The molecular weight excluding hydrogens is 192 g/mol. The molecule has 0 aliphatic heterocycles. The van der Waals surface area contributed by atoms with Gasteiger partial charge in [0, 0.05) is 11.5 Å². The van der Waals surface area contributed by atoms with E-state index in [1.807, 2.05) is 0 Å². The maximum absolute atomic E-state index is 10.9. The molecule has 0 heterocycles. The lowest BCUT2D eigenvalue weighted by molar-refractivity contribution is -0.136. The zero-order chi connectivity index (χ0) is 11.3. The molecule has 1 N–H and O–H groups in total. The van der Waals surface area contributed by atoms with Gasteiger partial charge in [-0.05, 0) is 37.6 Å². The van der Waals surface area contributed by atoms with Gasteiger partial charge in [-0.15, -0.1) is 0 Å². The summed E-state index contributed by atoms with van der Waals surface area (Å²) in [6.07, 6.45) is 0. The third kappa shape index (κ3) is 3.35. The summed E-state index contributed by atoms with van der Waals surface area (Å²) in [4.78, 5) is 10.9. The maximum atomic E-state index is 10.9. The number of hydrogen-bond acceptors (Lipinski definition) is 3. The molecule has 0 atom stereocenters. The zero-order valence-electron chi connectivity index (χ0n) is 8.70. The van der Waals surface area contributed by atoms with E-state index in [0.717, 1.165) is 5.56 Å². The van der Waals surface area contributed by atoms with E-state index in [4.69, 9.17) is 0 Å². The number of carbonyl (C=O) groups excluding carboxylic acids is 1. The number of aromatic hydroxyl groups is 1. The van der Waals surface area contributed by atoms with Crippen molar-refractivity contribution in [3.8, 4) is 17.6 Å². The molecule has 0 radical (unpaired) electrons. The Hall–Kier alpha value is -1.95. The minimum Gasteiger partial charge on any atom is -0.508 e. The molecule has 0 saturated heterocycles. The van der Waals surface area contributed by atoms with Crippen LogP contribution in [0.25, 0.3) is 0 Å². The normalized spacial score (nSPS) is 8.93. The first-order valence-corrected chi connectivity index (χ1v) is 4.62. The van der Waals surface area contributed by atoms with Crippen LogP contribution in [0, 0.1) is 18.8 Å². The number of phenols is 1. The van der Waals surface area contributed by atoms with Crippen LogP contribution in [0.3, 0.4) is 0 Å². The smallest absolute Gasteiger partial charge is 0.384 e. The van der Waals surface area contributed by atoms with Crippen molar-refractivity contribution in [2.45, 2.75) is 13.8 Å². The fraction of sp³-hybridized carbons (Fsp3) is 0.250. The summed E-state index contributed by atoms with van der Waals surface area (Å²) in [6, 6.07) is 4.90. The Balaban J connectivity index is 2.80. The molecule has 78 valence electrons. The van der Waals surface area contributed by atoms with Gasteiger partial charge in [0.15, 0.2) is 0 Å². The molecular formula is C12H12O3. The molecule has 3 nitrogen and oxygen atoms in total. The van der Waals surface area contributed by atoms with Gasteiger partial charge >= 0.3 is 5.97 Å². The van der Waals surface area contributed by atoms with Gasteiger partial charge < -0.3 is 9.84 Å². The molecule has 0 unspecified atom stereocenters. The second kappa shape index (κ2) is 5.06. The molecule has 0 aliphatic carbocycles. The molecule has 1 aromatic carbocycles. The Morgan fingerprint density at radius 1 is 1.53 bits per heavy atom. The van der Waals surface area contributed by atoms with Crippen LogP contribution in [-0.2, 0) is 9.53 Å². The number of ether oxygens (including phenoxy) is 1. The highest BCUT2D eigenvalue weighted by molar-refractivity contribution is 5.89. The van der Waals surface area contributed by atoms with E-state index in [2.05, 4.69) is 16.6 Å². The van der Waals surface area contributed by atoms with Gasteiger partial charge in [0.25, 0.3) is 0 Å². The molecule has 0 amide bonds. The van der Waals surface area contributed by atoms with Crippen LogP contribution in [0.1, 0.15) is 18.1 Å². The van der Waals surface area contributed by atoms with Crippen molar-refractivity contribution in [2.75, 3.05) is 6.61 Å². The summed E-state index contributed by atoms with van der Waals surface area (Å²) in [5, 5.41) is 9.27. The van der Waals surface area contributed by atoms with E-state index in [9.17, 15) is 9.90 Å². The number of rotatable bonds is 1. The predicted octanol–water partition coefficient (Wildman–Crippen LogP) is 1.62. The van der Waals surface area contributed by atoms with Crippen molar-refractivity contribution in [3.63, 3.8) is 0 Å². The maximum Gasteiger partial charge on any atom is 0.384 e. The van der Waals surface area contributed by atoms with Crippen molar-refractivity contribution < 1.29 is 14.6 Å². The summed E-state index contributed by atoms with van der Waals surface area (Å²) in [5.74, 6) is 4.70. The van der Waals surface area contributed by atoms with Gasteiger partial charge in [0.2, 0.25) is 0 Å². The monoisotopic (exact) mass is 204 g/mol. The number of aryl methyl sites for hydroxylation is 1. The molecule has 1 rings (SSSR count). The van der Waals surface area contributed by atoms with Crippen molar-refractivity contribution in [2.24, 2.45) is 0 Å². The first kappa shape index (κ1) is 11.1. The van der Waals surface area contributed by atoms with Crippen LogP contribution in [0.4, 0.5) is 0 Å². The zero-order valence-corrected chi connectivity index (χ0v) is 8.70. The first-order valence-electron chi connectivity index (χ1n) is 4.62. The second-order valence-corrected chi connectivity index (χ2v) is 2.97. The summed E-state index contributed by atoms with van der Waals surface area (Å²) >= 11 is 0. The lowest BCUT2D eigenvalue weighted by Gasteiger charge is -1.97. The Morgan fingerprint density at radius 2 is 2.27 bits per heavy atom. The quantitative estimate of drug-likeness (QED) is 0.558. The van der Waals surface area contributed by atoms with E-state index in [0.29, 0.717) is 12.2 Å². The van der Waals surface area contributed by atoms with Crippen molar-refractivity contribution in [3.05, 3.63) is 29.3 Å². The number of phenolic OH excluding ortho intramolecular Hbond substituents is 1. The molecule has 3 heteroatoms. The van der Waals surface area contributed by atoms with Gasteiger partial charge in [-0.3, -0.25) is 0 Å². The van der Waals surface area contributed by atoms with Crippen LogP contribution in [0.2, 0.25) is 0 Å². The molecule has 0 fully saturated rings. The van der Waals surface area contributed by atoms with Gasteiger partial charge in [0.05, 0.1) is 6.61 Å². The van der Waals surface area contributed by atoms with Crippen molar-refractivity contribution >= 4 is 5.97 Å². The Bertz CT molecular complexity index is 424. The molecule has 0 spiro atoms. The number of esters is 1. The van der Waals surface area contributed by atoms with E-state index in [1.54, 1.807) is 32.0 Å². The van der Waals surface area contributed by atoms with Gasteiger partial charge in [-0.1, -0.05) is 5.92 Å². The Kier molecular flexibility index (Phi) is 3.75. The average Bonchev–Trinajstić information content (AvgIpc) is 2.20. The van der Waals surface area contributed by atoms with Gasteiger partial charge in [0.1, 0.15) is 5.75 Å². The van der Waals surface area contributed by atoms with Crippen LogP contribution in [0.15, 0.2) is 18.2 Å². The first-order chi connectivity index (χ1) is 7.13. The van der Waals surface area contributed by atoms with E-state index in [1.165, 1.54) is 0 Å². The molecule has 15 heavy (non-hydrogen) atoms. The van der Waals surface area contributed by atoms with Crippen LogP contribution >= 0.6 is 0 Å². The fourth-order valence-corrected chi connectivity index (χ4v) is 1.02. The van der Waals surface area contributed by atoms with Crippen LogP contribution < -0.4 is 0 Å². The fourth-order valence-electron chi connectivity index (χ4n) is 1.02. The summed E-state index contributed by atoms with van der Waals surface area (Å²) in [6.45, 7) is 3.82. The molecule has 0 aromatic heterocycles. The molecule has 1 aromatic rings. The third-order valence-corrected chi connectivity index (χ3v) is 1.78. The molecule has 0 bridgehead atoms. The highest BCUT2D eigenvalue weighted by Gasteiger charge is 1.96. The van der Waals surface area contributed by atoms with Gasteiger partial charge in [-0.2, -0.15) is 0 Å². The predicted molar refractivity (Wildman–Crippen MR) is 56.4 cm³/mol. The van der Waals surface area contributed by atoms with Crippen molar-refractivity contribution in [1.29, 1.82) is 0 Å². The topological polar surface area (TPSA) is 46.5 Å². The highest BCUT2D eigenvalue weighted by atomic mass is 16.5. The minimum atomic E-state index is -0.539. The number of hydrogen-bond donors (Lipinski definition) is 1. The van der Waals surface area contributed by atoms with E-state index < -0.39 is 5.97 Å². The number of benzene rings is 1. The van der Waals surface area contributed by atoms with Gasteiger partial charge in [-0.25, -0.2) is 4.79 Å². The Morgan fingerprint density at radius 3 is 2.87 bits per heavy atom. The summed E-state index contributed by atoms with van der Waals surface area (Å²) in [7, 11) is 0. The lowest BCUT2D eigenvalue weighted by atomic mass is 10.1. The SMILES string of the molecule is CCOC(=O)C#Cc1ccc(O)c(C)c1. The third-order valence-electron chi connectivity index (χ3n) is 1.78. The minimum absolute atomic E-state index is 0.219. The van der Waals surface area contributed by atoms with Crippen molar-refractivity contribution in [1.82, 2.24) is 0 Å². The molecule has 0 saturated carbocycles. The average molecular weight is 204 g/mol. The highest BCUT2D eigenvalue weighted by Crippen LogP contribution is 2.15. The van der Waals surface area contributed by atoms with E-state index in [-0.39, 0.29) is 5.75 Å². The Labute approximate surface area is 88.7 Å². The van der Waals surface area contributed by atoms with E-state index >= 15 is 0 Å². The van der Waals surface area contributed by atoms with Crippen LogP contribution in [-0.4, -0.2) is 17.7 Å². The number of carbonyl (C=O) groups is 1. The van der Waals surface area contributed by atoms with Crippen LogP contribution in [0.5, 0.6) is 5.75 Å². The largest absolute Gasteiger partial charge is 0.508 e. The standard InChI is InChI=1S/C12H12O3/c1-3-15-12(14)7-5-10-4-6-11(13)9(2)8-10/h4,6,8,13H,3H2,1-2H3. The second-order valence-electron chi connectivity index (χ2n) is 2.97. The summed E-state index contributed by atoms with van der Waals surface area (Å²) in [5.41, 5.74) is 1.41. The molecule has 0 aliphatic rings.